The van der Waals surface area contributed by atoms with Crippen LogP contribution in [0.1, 0.15) is 15.9 Å². The molecule has 0 radical (unpaired) electrons. The highest BCUT2D eigenvalue weighted by Gasteiger charge is 2.25. The molecule has 3 aromatic carbocycles. The van der Waals surface area contributed by atoms with Crippen molar-refractivity contribution in [2.45, 2.75) is 6.92 Å². The zero-order chi connectivity index (χ0) is 21.5. The molecule has 0 fully saturated rings. The van der Waals surface area contributed by atoms with Gasteiger partial charge in [0.25, 0.3) is 5.91 Å². The lowest BCUT2D eigenvalue weighted by molar-refractivity contribution is 0.102. The summed E-state index contributed by atoms with van der Waals surface area (Å²) < 4.78 is 1.78. The molecule has 152 valence electrons. The molecule has 0 spiro atoms. The summed E-state index contributed by atoms with van der Waals surface area (Å²) in [5.74, 6) is -0.0804. The van der Waals surface area contributed by atoms with Crippen molar-refractivity contribution in [1.29, 1.82) is 0 Å². The van der Waals surface area contributed by atoms with Crippen LogP contribution in [0.15, 0.2) is 72.8 Å². The molecule has 0 unspecified atom stereocenters. The van der Waals surface area contributed by atoms with Gasteiger partial charge in [0.1, 0.15) is 16.9 Å². The number of benzene rings is 3. The van der Waals surface area contributed by atoms with E-state index < -0.39 is 0 Å². The summed E-state index contributed by atoms with van der Waals surface area (Å²) in [6, 6.07) is 22.3. The molecule has 0 saturated heterocycles. The Kier molecular flexibility index (Phi) is 4.56. The number of para-hydroxylation sites is 2. The van der Waals surface area contributed by atoms with Crippen LogP contribution in [0.25, 0.3) is 27.9 Å². The van der Waals surface area contributed by atoms with Gasteiger partial charge in [0.15, 0.2) is 5.65 Å². The highest BCUT2D eigenvalue weighted by atomic mass is 35.5. The van der Waals surface area contributed by atoms with E-state index in [1.54, 1.807) is 28.8 Å². The third-order valence-corrected chi connectivity index (χ3v) is 5.34. The molecule has 0 aliphatic rings. The van der Waals surface area contributed by atoms with Crippen molar-refractivity contribution in [1.82, 2.24) is 14.5 Å². The Labute approximate surface area is 183 Å². The van der Waals surface area contributed by atoms with E-state index in [9.17, 15) is 4.79 Å². The molecular weight excluding hydrogens is 410 g/mol. The van der Waals surface area contributed by atoms with Crippen LogP contribution in [0.5, 0.6) is 0 Å². The maximum absolute atomic E-state index is 13.3. The number of nitrogens with two attached hydrogens (primary N) is 1. The summed E-state index contributed by atoms with van der Waals surface area (Å²) in [5.41, 5.74) is 11.7. The van der Waals surface area contributed by atoms with Gasteiger partial charge >= 0.3 is 0 Å². The highest BCUT2D eigenvalue weighted by molar-refractivity contribution is 6.30. The zero-order valence-electron chi connectivity index (χ0n) is 16.6. The molecule has 5 rings (SSSR count). The van der Waals surface area contributed by atoms with Crippen LogP contribution in [-0.4, -0.2) is 20.4 Å². The Morgan fingerprint density at radius 1 is 0.968 bits per heavy atom. The molecule has 6 nitrogen and oxygen atoms in total. The van der Waals surface area contributed by atoms with Crippen molar-refractivity contribution in [2.75, 3.05) is 11.1 Å². The summed E-state index contributed by atoms with van der Waals surface area (Å²) in [6.45, 7) is 2.00. The number of carbonyl (C=O) groups is 1. The van der Waals surface area contributed by atoms with Crippen LogP contribution in [0.4, 0.5) is 11.5 Å². The van der Waals surface area contributed by atoms with E-state index in [0.29, 0.717) is 27.4 Å². The maximum atomic E-state index is 13.3. The molecule has 3 N–H and O–H groups in total. The first kappa shape index (κ1) is 19.1. The van der Waals surface area contributed by atoms with Gasteiger partial charge in [-0.3, -0.25) is 9.36 Å². The van der Waals surface area contributed by atoms with Gasteiger partial charge in [-0.05, 0) is 61.0 Å². The molecule has 31 heavy (non-hydrogen) atoms. The van der Waals surface area contributed by atoms with Crippen LogP contribution in [0.3, 0.4) is 0 Å². The van der Waals surface area contributed by atoms with Crippen molar-refractivity contribution in [3.8, 4) is 5.69 Å². The SMILES string of the molecule is Cc1cccc(-n2c(N)c(C(=O)Nc3ccc(Cl)cc3)c3nc4ccccc4nc32)c1. The van der Waals surface area contributed by atoms with Gasteiger partial charge in [-0.1, -0.05) is 35.9 Å². The molecule has 0 bridgehead atoms. The van der Waals surface area contributed by atoms with Crippen molar-refractivity contribution < 1.29 is 4.79 Å². The number of carbonyl (C=O) groups excluding carboxylic acids is 1. The van der Waals surface area contributed by atoms with Crippen molar-refractivity contribution >= 4 is 51.2 Å². The van der Waals surface area contributed by atoms with Gasteiger partial charge in [-0.2, -0.15) is 0 Å². The number of halogens is 1. The summed E-state index contributed by atoms with van der Waals surface area (Å²) >= 11 is 5.95. The molecule has 0 saturated carbocycles. The molecular formula is C24H18ClN5O. The summed E-state index contributed by atoms with van der Waals surface area (Å²) in [7, 11) is 0. The van der Waals surface area contributed by atoms with E-state index in [4.69, 9.17) is 27.3 Å². The Morgan fingerprint density at radius 3 is 2.39 bits per heavy atom. The fourth-order valence-corrected chi connectivity index (χ4v) is 3.77. The van der Waals surface area contributed by atoms with E-state index in [1.165, 1.54) is 0 Å². The number of hydrogen-bond donors (Lipinski definition) is 2. The van der Waals surface area contributed by atoms with Crippen LogP contribution in [0, 0.1) is 6.92 Å². The fourth-order valence-electron chi connectivity index (χ4n) is 3.64. The van der Waals surface area contributed by atoms with Crippen LogP contribution in [-0.2, 0) is 0 Å². The predicted octanol–water partition coefficient (Wildman–Crippen LogP) is 5.37. The number of rotatable bonds is 3. The van der Waals surface area contributed by atoms with E-state index >= 15 is 0 Å². The molecule has 0 atom stereocenters. The third-order valence-electron chi connectivity index (χ3n) is 5.09. The Morgan fingerprint density at radius 2 is 1.68 bits per heavy atom. The van der Waals surface area contributed by atoms with E-state index in [2.05, 4.69) is 5.32 Å². The Bertz CT molecular complexity index is 1460. The van der Waals surface area contributed by atoms with Crippen molar-refractivity contribution in [2.24, 2.45) is 0 Å². The second kappa shape index (κ2) is 7.41. The Balaban J connectivity index is 1.75. The summed E-state index contributed by atoms with van der Waals surface area (Å²) in [4.78, 5) is 22.8. The molecule has 0 aliphatic carbocycles. The lowest BCUT2D eigenvalue weighted by Gasteiger charge is -2.09. The van der Waals surface area contributed by atoms with Gasteiger partial charge in [0.05, 0.1) is 11.0 Å². The second-order valence-electron chi connectivity index (χ2n) is 7.28. The first-order valence-corrected chi connectivity index (χ1v) is 10.1. The topological polar surface area (TPSA) is 85.8 Å². The largest absolute Gasteiger partial charge is 0.384 e. The van der Waals surface area contributed by atoms with Gasteiger partial charge in [-0.25, -0.2) is 9.97 Å². The zero-order valence-corrected chi connectivity index (χ0v) is 17.4. The lowest BCUT2D eigenvalue weighted by atomic mass is 10.2. The van der Waals surface area contributed by atoms with E-state index in [-0.39, 0.29) is 17.3 Å². The molecule has 7 heteroatoms. The van der Waals surface area contributed by atoms with Crippen LogP contribution in [0.2, 0.25) is 5.02 Å². The molecule has 2 heterocycles. The number of aryl methyl sites for hydroxylation is 1. The highest BCUT2D eigenvalue weighted by Crippen LogP contribution is 2.32. The molecule has 2 aromatic heterocycles. The molecule has 5 aromatic rings. The van der Waals surface area contributed by atoms with Gasteiger partial charge < -0.3 is 11.1 Å². The number of hydrogen-bond acceptors (Lipinski definition) is 4. The average molecular weight is 428 g/mol. The molecule has 0 aliphatic heterocycles. The fraction of sp³-hybridized carbons (Fsp3) is 0.0417. The number of nitrogens with one attached hydrogen (secondary N) is 1. The summed E-state index contributed by atoms with van der Waals surface area (Å²) in [6.07, 6.45) is 0. The maximum Gasteiger partial charge on any atom is 0.261 e. The first-order chi connectivity index (χ1) is 15.0. The number of fused-ring (bicyclic) bond motifs is 2. The first-order valence-electron chi connectivity index (χ1n) is 9.72. The predicted molar refractivity (Wildman–Crippen MR) is 125 cm³/mol. The minimum absolute atomic E-state index is 0.280. The van der Waals surface area contributed by atoms with E-state index in [1.807, 2.05) is 55.5 Å². The quantitative estimate of drug-likeness (QED) is 0.405. The average Bonchev–Trinajstić information content (AvgIpc) is 3.04. The number of nitrogens with zero attached hydrogens (tertiary/aromatic N) is 3. The lowest BCUT2D eigenvalue weighted by Crippen LogP contribution is -2.14. The standard InChI is InChI=1S/C24H18ClN5O/c1-14-5-4-6-17(13-14)30-22(26)20(24(31)27-16-11-9-15(25)10-12-16)21-23(30)29-19-8-3-2-7-18(19)28-21/h2-13H,26H2,1H3,(H,27,31). The monoisotopic (exact) mass is 427 g/mol. The van der Waals surface area contributed by atoms with Gasteiger partial charge in [0, 0.05) is 16.4 Å². The van der Waals surface area contributed by atoms with Crippen LogP contribution >= 0.6 is 11.6 Å². The van der Waals surface area contributed by atoms with Gasteiger partial charge in [-0.15, -0.1) is 0 Å². The number of anilines is 2. The van der Waals surface area contributed by atoms with Crippen molar-refractivity contribution in [3.63, 3.8) is 0 Å². The number of amides is 1. The smallest absolute Gasteiger partial charge is 0.261 e. The minimum atomic E-state index is -0.360. The normalized spacial score (nSPS) is 11.2. The number of aromatic nitrogens is 3. The molecule has 1 amide bonds. The Hall–Kier alpha value is -3.90. The van der Waals surface area contributed by atoms with Crippen LogP contribution < -0.4 is 11.1 Å². The van der Waals surface area contributed by atoms with Crippen molar-refractivity contribution in [3.05, 3.63) is 88.9 Å². The number of nitrogen functional groups attached to an aromatic ring is 1. The van der Waals surface area contributed by atoms with E-state index in [0.717, 1.165) is 16.8 Å². The van der Waals surface area contributed by atoms with Gasteiger partial charge in [0.2, 0.25) is 0 Å². The second-order valence-corrected chi connectivity index (χ2v) is 7.72. The third kappa shape index (κ3) is 3.37. The minimum Gasteiger partial charge on any atom is -0.384 e. The summed E-state index contributed by atoms with van der Waals surface area (Å²) in [5, 5.41) is 3.47.